The summed E-state index contributed by atoms with van der Waals surface area (Å²) in [7, 11) is 0. The number of allylic oxidation sites excluding steroid dienone is 1. The van der Waals surface area contributed by atoms with Gasteiger partial charge in [-0.3, -0.25) is 5.01 Å². The summed E-state index contributed by atoms with van der Waals surface area (Å²) < 4.78 is 5.82. The monoisotopic (exact) mass is 350 g/mol. The number of nitrogens with zero attached hydrogens (tertiary/aromatic N) is 1. The third-order valence-corrected chi connectivity index (χ3v) is 4.11. The molecule has 4 nitrogen and oxygen atoms in total. The average molecular weight is 351 g/mol. The predicted octanol–water partition coefficient (Wildman–Crippen LogP) is 4.06. The van der Waals surface area contributed by atoms with Gasteiger partial charge in [0.2, 0.25) is 0 Å². The van der Waals surface area contributed by atoms with Crippen LogP contribution in [0, 0.1) is 0 Å². The molecule has 0 saturated heterocycles. The molecule has 0 atom stereocenters. The minimum Gasteiger partial charge on any atom is -0.486 e. The Bertz CT molecular complexity index is 588. The summed E-state index contributed by atoms with van der Waals surface area (Å²) >= 11 is 6.31. The zero-order valence-electron chi connectivity index (χ0n) is 14.7. The molecule has 0 aliphatic carbocycles. The van der Waals surface area contributed by atoms with Gasteiger partial charge in [0.1, 0.15) is 11.6 Å². The third-order valence-electron chi connectivity index (χ3n) is 3.83. The minimum atomic E-state index is -0.0615. The summed E-state index contributed by atoms with van der Waals surface area (Å²) in [5.41, 5.74) is 5.50. The number of aliphatic hydroxyl groups is 1. The highest BCUT2D eigenvalue weighted by atomic mass is 35.5. The van der Waals surface area contributed by atoms with Crippen LogP contribution < -0.4 is 5.43 Å². The number of aryl methyl sites for hydroxylation is 1. The average Bonchev–Trinajstić information content (AvgIpc) is 2.54. The smallest absolute Gasteiger partial charge is 0.157 e. The Balaban J connectivity index is 1.85. The molecular formula is C19H27ClN2O2. The van der Waals surface area contributed by atoms with Crippen molar-refractivity contribution in [2.24, 2.45) is 0 Å². The Morgan fingerprint density at radius 2 is 1.79 bits per heavy atom. The van der Waals surface area contributed by atoms with Gasteiger partial charge in [0, 0.05) is 12.8 Å². The molecule has 0 unspecified atom stereocenters. The first-order valence-corrected chi connectivity index (χ1v) is 8.73. The van der Waals surface area contributed by atoms with Gasteiger partial charge in [0.15, 0.2) is 5.76 Å². The number of hydrazine groups is 1. The van der Waals surface area contributed by atoms with Crippen molar-refractivity contribution in [2.75, 3.05) is 6.61 Å². The van der Waals surface area contributed by atoms with Crippen LogP contribution in [0.3, 0.4) is 0 Å². The van der Waals surface area contributed by atoms with Crippen molar-refractivity contribution >= 4 is 11.6 Å². The quantitative estimate of drug-likeness (QED) is 0.728. The van der Waals surface area contributed by atoms with Crippen LogP contribution in [0.2, 0.25) is 0 Å². The van der Waals surface area contributed by atoms with Gasteiger partial charge in [-0.15, -0.1) is 0 Å². The minimum absolute atomic E-state index is 0.0615. The number of rotatable bonds is 7. The molecule has 2 N–H and O–H groups in total. The normalized spacial score (nSPS) is 14.8. The Morgan fingerprint density at radius 3 is 2.38 bits per heavy atom. The molecule has 1 aliphatic rings. The van der Waals surface area contributed by atoms with Crippen LogP contribution in [0.15, 0.2) is 47.5 Å². The van der Waals surface area contributed by atoms with Crippen molar-refractivity contribution in [1.29, 1.82) is 0 Å². The maximum atomic E-state index is 8.82. The Morgan fingerprint density at radius 1 is 1.12 bits per heavy atom. The molecule has 0 amide bonds. The molecule has 5 heteroatoms. The van der Waals surface area contributed by atoms with E-state index in [-0.39, 0.29) is 12.1 Å². The van der Waals surface area contributed by atoms with Gasteiger partial charge < -0.3 is 15.3 Å². The van der Waals surface area contributed by atoms with Crippen molar-refractivity contribution in [2.45, 2.75) is 52.2 Å². The van der Waals surface area contributed by atoms with Gasteiger partial charge in [-0.05, 0) is 51.2 Å². The topological polar surface area (TPSA) is 44.7 Å². The van der Waals surface area contributed by atoms with Crippen LogP contribution in [0.5, 0.6) is 0 Å². The van der Waals surface area contributed by atoms with Gasteiger partial charge in [-0.2, -0.15) is 0 Å². The first-order valence-electron chi connectivity index (χ1n) is 8.35. The molecule has 0 bridgehead atoms. The number of nitrogens with one attached hydrogen (secondary N) is 1. The third kappa shape index (κ3) is 5.46. The van der Waals surface area contributed by atoms with Crippen LogP contribution in [-0.2, 0) is 17.8 Å². The summed E-state index contributed by atoms with van der Waals surface area (Å²) in [5, 5.41) is 11.4. The number of hydrogen-bond acceptors (Lipinski definition) is 4. The van der Waals surface area contributed by atoms with Crippen LogP contribution in [0.25, 0.3) is 0 Å². The predicted molar refractivity (Wildman–Crippen MR) is 98.0 cm³/mol. The molecule has 1 aromatic carbocycles. The molecule has 0 fully saturated rings. The van der Waals surface area contributed by atoms with Crippen molar-refractivity contribution in [3.05, 3.63) is 58.6 Å². The highest BCUT2D eigenvalue weighted by molar-refractivity contribution is 6.31. The van der Waals surface area contributed by atoms with E-state index in [2.05, 4.69) is 50.5 Å². The number of benzene rings is 1. The maximum Gasteiger partial charge on any atom is 0.157 e. The van der Waals surface area contributed by atoms with E-state index in [0.29, 0.717) is 17.4 Å². The van der Waals surface area contributed by atoms with Crippen molar-refractivity contribution in [3.63, 3.8) is 0 Å². The number of unbranched alkanes of at least 4 members (excludes halogenated alkanes) is 1. The van der Waals surface area contributed by atoms with Crippen LogP contribution in [0.4, 0.5) is 0 Å². The zero-order valence-corrected chi connectivity index (χ0v) is 15.4. The summed E-state index contributed by atoms with van der Waals surface area (Å²) in [4.78, 5) is 0. The first kappa shape index (κ1) is 18.7. The van der Waals surface area contributed by atoms with E-state index in [4.69, 9.17) is 21.4 Å². The molecule has 0 spiro atoms. The summed E-state index contributed by atoms with van der Waals surface area (Å²) in [5.74, 6) is 0.643. The van der Waals surface area contributed by atoms with Gasteiger partial charge in [-0.25, -0.2) is 0 Å². The lowest BCUT2D eigenvalue weighted by Gasteiger charge is -2.36. The van der Waals surface area contributed by atoms with E-state index in [1.807, 2.05) is 11.2 Å². The number of aliphatic hydroxyl groups excluding tert-OH is 1. The SMILES string of the molecule is CC(C)(C)N1C=C(Cl)C(OCc2ccc(CCCCO)cc2)=CN1. The largest absolute Gasteiger partial charge is 0.486 e. The maximum absolute atomic E-state index is 8.82. The second-order valence-electron chi connectivity index (χ2n) is 6.94. The van der Waals surface area contributed by atoms with Crippen molar-refractivity contribution in [3.8, 4) is 0 Å². The van der Waals surface area contributed by atoms with E-state index < -0.39 is 0 Å². The van der Waals surface area contributed by atoms with E-state index in [9.17, 15) is 0 Å². The van der Waals surface area contributed by atoms with Crippen LogP contribution >= 0.6 is 11.6 Å². The molecule has 2 rings (SSSR count). The fraction of sp³-hybridized carbons (Fsp3) is 0.474. The van der Waals surface area contributed by atoms with Gasteiger partial charge in [0.25, 0.3) is 0 Å². The molecule has 24 heavy (non-hydrogen) atoms. The van der Waals surface area contributed by atoms with E-state index >= 15 is 0 Å². The Labute approximate surface area is 149 Å². The van der Waals surface area contributed by atoms with Crippen molar-refractivity contribution in [1.82, 2.24) is 10.4 Å². The van der Waals surface area contributed by atoms with Crippen molar-refractivity contribution < 1.29 is 9.84 Å². The molecule has 1 heterocycles. The Hall–Kier alpha value is -1.65. The van der Waals surface area contributed by atoms with Gasteiger partial charge >= 0.3 is 0 Å². The molecule has 1 aromatic rings. The summed E-state index contributed by atoms with van der Waals surface area (Å²) in [6.45, 7) is 7.04. The van der Waals surface area contributed by atoms with E-state index in [1.54, 1.807) is 6.20 Å². The first-order chi connectivity index (χ1) is 11.4. The number of ether oxygens (including phenoxy) is 1. The summed E-state index contributed by atoms with van der Waals surface area (Å²) in [6, 6.07) is 8.37. The molecule has 0 saturated carbocycles. The molecule has 132 valence electrons. The Kier molecular flexibility index (Phi) is 6.58. The number of hydrogen-bond donors (Lipinski definition) is 2. The second kappa shape index (κ2) is 8.45. The van der Waals surface area contributed by atoms with E-state index in [1.165, 1.54) is 5.56 Å². The molecule has 1 aliphatic heterocycles. The van der Waals surface area contributed by atoms with Crippen LogP contribution in [0.1, 0.15) is 44.7 Å². The standard InChI is InChI=1S/C19H27ClN2O2/c1-19(2,3)22-13-17(20)18(12-21-22)24-14-16-9-7-15(8-10-16)6-4-5-11-23/h7-10,12-13,21,23H,4-6,11,14H2,1-3H3. The lowest BCUT2D eigenvalue weighted by molar-refractivity contribution is 0.141. The summed E-state index contributed by atoms with van der Waals surface area (Å²) in [6.07, 6.45) is 6.49. The van der Waals surface area contributed by atoms with Gasteiger partial charge in [0.05, 0.1) is 11.7 Å². The molecular weight excluding hydrogens is 324 g/mol. The molecule has 0 aromatic heterocycles. The fourth-order valence-electron chi connectivity index (χ4n) is 2.31. The second-order valence-corrected chi connectivity index (χ2v) is 7.35. The van der Waals surface area contributed by atoms with Gasteiger partial charge in [-0.1, -0.05) is 35.9 Å². The fourth-order valence-corrected chi connectivity index (χ4v) is 2.52. The number of halogens is 1. The van der Waals surface area contributed by atoms with Crippen LogP contribution in [-0.4, -0.2) is 22.3 Å². The lowest BCUT2D eigenvalue weighted by Crippen LogP contribution is -2.46. The molecule has 0 radical (unpaired) electrons. The zero-order chi connectivity index (χ0) is 17.6. The van der Waals surface area contributed by atoms with E-state index in [0.717, 1.165) is 24.8 Å². The highest BCUT2D eigenvalue weighted by Crippen LogP contribution is 2.24. The highest BCUT2D eigenvalue weighted by Gasteiger charge is 2.22. The lowest BCUT2D eigenvalue weighted by atomic mass is 10.1.